The molecule has 1 unspecified atom stereocenters. The Kier molecular flexibility index (Phi) is 13.5. The lowest BCUT2D eigenvalue weighted by atomic mass is 10.0. The van der Waals surface area contributed by atoms with Gasteiger partial charge in [-0.25, -0.2) is 0 Å². The number of hydrogen-bond donors (Lipinski definition) is 0. The maximum absolute atomic E-state index is 13.0. The third-order valence-corrected chi connectivity index (χ3v) is 8.71. The largest absolute Gasteiger partial charge is 0.484 e. The lowest BCUT2D eigenvalue weighted by molar-refractivity contribution is 0.101. The molecule has 2 heterocycles. The van der Waals surface area contributed by atoms with E-state index < -0.39 is 0 Å². The van der Waals surface area contributed by atoms with E-state index in [9.17, 15) is 4.79 Å². The van der Waals surface area contributed by atoms with Gasteiger partial charge in [0.2, 0.25) is 0 Å². The highest BCUT2D eigenvalue weighted by atomic mass is 16.5. The highest BCUT2D eigenvalue weighted by Crippen LogP contribution is 2.30. The van der Waals surface area contributed by atoms with E-state index in [1.807, 2.05) is 31.2 Å². The summed E-state index contributed by atoms with van der Waals surface area (Å²) in [6.45, 7) is 8.55. The van der Waals surface area contributed by atoms with Crippen LogP contribution in [0.15, 0.2) is 54.6 Å². The molecule has 0 aliphatic rings. The first-order chi connectivity index (χ1) is 21.5. The fraction of sp³-hybridized carbons (Fsp3) is 0.553. The Hall–Kier alpha value is -3.41. The number of nitrogens with zero attached hydrogens (tertiary/aromatic N) is 4. The minimum atomic E-state index is -0.340. The maximum Gasteiger partial charge on any atom is 0.169 e. The Morgan fingerprint density at radius 2 is 1.39 bits per heavy atom. The summed E-state index contributed by atoms with van der Waals surface area (Å²) in [5.74, 6) is 1.62. The van der Waals surface area contributed by atoms with E-state index in [2.05, 4.69) is 53.8 Å². The number of ether oxygens (including phenoxy) is 1. The SMILES string of the molecule is CCCCCCCCCCCCCCCc1cccc(OC(CC)c2nn3nc(C)n(Cc4ccccc4)c3c2C(C)=O)c1. The molecule has 0 aliphatic carbocycles. The standard InChI is InChI=1S/C38H54N4O2/c1-5-7-8-9-10-11-12-13-14-15-16-17-19-23-32-26-22-27-34(28-32)44-35(6-2)37-36(30(3)43)38-41(31(4)39-42(38)40-37)29-33-24-20-18-21-25-33/h18,20-22,24-28,35H,5-17,19,23,29H2,1-4H3. The van der Waals surface area contributed by atoms with Crippen LogP contribution in [0.2, 0.25) is 0 Å². The van der Waals surface area contributed by atoms with Gasteiger partial charge in [0, 0.05) is 0 Å². The minimum absolute atomic E-state index is 0.0255. The average molecular weight is 599 g/mol. The highest BCUT2D eigenvalue weighted by molar-refractivity contribution is 6.01. The van der Waals surface area contributed by atoms with Gasteiger partial charge >= 0.3 is 0 Å². The number of hydrogen-bond acceptors (Lipinski definition) is 4. The summed E-state index contributed by atoms with van der Waals surface area (Å²) >= 11 is 0. The van der Waals surface area contributed by atoms with Crippen molar-refractivity contribution < 1.29 is 9.53 Å². The van der Waals surface area contributed by atoms with Crippen molar-refractivity contribution in [1.82, 2.24) is 19.4 Å². The molecule has 2 aromatic carbocycles. The topological polar surface area (TPSA) is 61.4 Å². The first kappa shape index (κ1) is 33.5. The molecule has 4 rings (SSSR count). The molecule has 0 saturated carbocycles. The van der Waals surface area contributed by atoms with E-state index in [1.165, 1.54) is 89.0 Å². The van der Waals surface area contributed by atoms with Gasteiger partial charge in [-0.1, -0.05) is 133 Å². The van der Waals surface area contributed by atoms with Gasteiger partial charge < -0.3 is 9.30 Å². The third-order valence-electron chi connectivity index (χ3n) is 8.71. The van der Waals surface area contributed by atoms with E-state index >= 15 is 0 Å². The smallest absolute Gasteiger partial charge is 0.169 e. The molecule has 1 atom stereocenters. The number of Topliss-reactive ketones (excluding diaryl/α,β-unsaturated/α-hetero) is 1. The fourth-order valence-electron chi connectivity index (χ4n) is 6.21. The summed E-state index contributed by atoms with van der Waals surface area (Å²) in [5, 5.41) is 9.46. The second kappa shape index (κ2) is 17.8. The number of carbonyl (C=O) groups is 1. The molecular weight excluding hydrogens is 544 g/mol. The molecule has 6 nitrogen and oxygen atoms in total. The van der Waals surface area contributed by atoms with Crippen LogP contribution in [0.4, 0.5) is 0 Å². The summed E-state index contributed by atoms with van der Waals surface area (Å²) in [5.41, 5.74) is 4.43. The molecule has 0 bridgehead atoms. The summed E-state index contributed by atoms with van der Waals surface area (Å²) in [4.78, 5) is 13.0. The molecule has 2 aromatic heterocycles. The maximum atomic E-state index is 13.0. The zero-order valence-electron chi connectivity index (χ0n) is 27.7. The van der Waals surface area contributed by atoms with Gasteiger partial charge in [0.1, 0.15) is 23.4 Å². The highest BCUT2D eigenvalue weighted by Gasteiger charge is 2.28. The second-order valence-corrected chi connectivity index (χ2v) is 12.4. The van der Waals surface area contributed by atoms with Crippen molar-refractivity contribution in [2.45, 2.75) is 137 Å². The Labute approximate surface area is 265 Å². The number of fused-ring (bicyclic) bond motifs is 1. The summed E-state index contributed by atoms with van der Waals surface area (Å²) < 4.78 is 10.2. The Balaban J connectivity index is 1.30. The molecule has 0 saturated heterocycles. The molecule has 0 aliphatic heterocycles. The van der Waals surface area contributed by atoms with Crippen molar-refractivity contribution in [2.24, 2.45) is 0 Å². The summed E-state index contributed by atoms with van der Waals surface area (Å²) in [6, 6.07) is 18.7. The molecule has 0 N–H and O–H groups in total. The Morgan fingerprint density at radius 3 is 2.00 bits per heavy atom. The van der Waals surface area contributed by atoms with Crippen LogP contribution in [0, 0.1) is 6.92 Å². The van der Waals surface area contributed by atoms with Gasteiger partial charge in [0.05, 0.1) is 12.1 Å². The number of benzene rings is 2. The van der Waals surface area contributed by atoms with Gasteiger partial charge in [0.15, 0.2) is 11.4 Å². The molecule has 44 heavy (non-hydrogen) atoms. The molecular formula is C38H54N4O2. The minimum Gasteiger partial charge on any atom is -0.484 e. The average Bonchev–Trinajstić information content (AvgIpc) is 3.54. The van der Waals surface area contributed by atoms with Crippen LogP contribution in [-0.4, -0.2) is 25.2 Å². The Bertz CT molecular complexity index is 1420. The van der Waals surface area contributed by atoms with E-state index in [4.69, 9.17) is 9.84 Å². The predicted molar refractivity (Wildman–Crippen MR) is 181 cm³/mol. The molecule has 0 amide bonds. The lowest BCUT2D eigenvalue weighted by Gasteiger charge is -2.17. The zero-order chi connectivity index (χ0) is 31.1. The van der Waals surface area contributed by atoms with Crippen LogP contribution in [0.3, 0.4) is 0 Å². The molecule has 0 fully saturated rings. The molecule has 238 valence electrons. The van der Waals surface area contributed by atoms with E-state index in [0.29, 0.717) is 24.2 Å². The number of aryl methyl sites for hydroxylation is 2. The van der Waals surface area contributed by atoms with Crippen molar-refractivity contribution in [3.63, 3.8) is 0 Å². The van der Waals surface area contributed by atoms with Crippen molar-refractivity contribution in [1.29, 1.82) is 0 Å². The first-order valence-corrected chi connectivity index (χ1v) is 17.3. The lowest BCUT2D eigenvalue weighted by Crippen LogP contribution is -2.13. The number of ketones is 1. The summed E-state index contributed by atoms with van der Waals surface area (Å²) in [6.07, 6.45) is 19.2. The van der Waals surface area contributed by atoms with Crippen molar-refractivity contribution in [3.8, 4) is 5.75 Å². The van der Waals surface area contributed by atoms with Crippen LogP contribution in [0.1, 0.15) is 150 Å². The van der Waals surface area contributed by atoms with Gasteiger partial charge in [-0.2, -0.15) is 0 Å². The van der Waals surface area contributed by atoms with E-state index in [1.54, 1.807) is 11.6 Å². The predicted octanol–water partition coefficient (Wildman–Crippen LogP) is 10.3. The quantitative estimate of drug-likeness (QED) is 0.0707. The van der Waals surface area contributed by atoms with Crippen LogP contribution in [0.5, 0.6) is 5.75 Å². The molecule has 6 heteroatoms. The normalized spacial score (nSPS) is 12.2. The van der Waals surface area contributed by atoms with Crippen LogP contribution < -0.4 is 4.74 Å². The van der Waals surface area contributed by atoms with Gasteiger partial charge in [-0.05, 0) is 56.4 Å². The van der Waals surface area contributed by atoms with Gasteiger partial charge in [-0.15, -0.1) is 14.8 Å². The number of rotatable bonds is 21. The van der Waals surface area contributed by atoms with Crippen molar-refractivity contribution in [3.05, 3.63) is 82.8 Å². The Morgan fingerprint density at radius 1 is 0.773 bits per heavy atom. The first-order valence-electron chi connectivity index (χ1n) is 17.3. The molecule has 0 spiro atoms. The van der Waals surface area contributed by atoms with Crippen molar-refractivity contribution >= 4 is 11.4 Å². The van der Waals surface area contributed by atoms with Crippen LogP contribution in [0.25, 0.3) is 5.65 Å². The summed E-state index contributed by atoms with van der Waals surface area (Å²) in [7, 11) is 0. The van der Waals surface area contributed by atoms with Gasteiger partial charge in [0.25, 0.3) is 0 Å². The second-order valence-electron chi connectivity index (χ2n) is 12.4. The van der Waals surface area contributed by atoms with Gasteiger partial charge in [-0.3, -0.25) is 4.79 Å². The number of unbranched alkanes of at least 4 members (excludes halogenated alkanes) is 12. The zero-order valence-corrected chi connectivity index (χ0v) is 27.7. The van der Waals surface area contributed by atoms with Crippen molar-refractivity contribution in [2.75, 3.05) is 0 Å². The van der Waals surface area contributed by atoms with Crippen LogP contribution in [-0.2, 0) is 13.0 Å². The molecule has 0 radical (unpaired) electrons. The number of aromatic nitrogens is 4. The van der Waals surface area contributed by atoms with Crippen LogP contribution >= 0.6 is 0 Å². The van der Waals surface area contributed by atoms with E-state index in [0.717, 1.165) is 29.2 Å². The van der Waals surface area contributed by atoms with E-state index in [-0.39, 0.29) is 11.9 Å². The monoisotopic (exact) mass is 598 g/mol. The number of carbonyl (C=O) groups excluding carboxylic acids is 1. The molecule has 4 aromatic rings. The fourth-order valence-corrected chi connectivity index (χ4v) is 6.21. The third kappa shape index (κ3) is 9.54.